The highest BCUT2D eigenvalue weighted by Gasteiger charge is 2.32. The Bertz CT molecular complexity index is 764. The van der Waals surface area contributed by atoms with Crippen LogP contribution in [-0.2, 0) is 0 Å². The van der Waals surface area contributed by atoms with Crippen molar-refractivity contribution in [1.82, 2.24) is 14.8 Å². The second-order valence-corrected chi connectivity index (χ2v) is 8.31. The fraction of sp³-hybridized carbons (Fsp3) is 0.619. The highest BCUT2D eigenvalue weighted by atomic mass is 35.5. The highest BCUT2D eigenvalue weighted by molar-refractivity contribution is 5.85. The van der Waals surface area contributed by atoms with E-state index in [0.717, 1.165) is 36.6 Å². The highest BCUT2D eigenvalue weighted by Crippen LogP contribution is 2.36. The second kappa shape index (κ2) is 8.29. The van der Waals surface area contributed by atoms with Crippen molar-refractivity contribution in [1.29, 1.82) is 0 Å². The molecule has 1 aromatic heterocycles. The van der Waals surface area contributed by atoms with Crippen molar-refractivity contribution in [2.45, 2.75) is 82.8 Å². The predicted molar refractivity (Wildman–Crippen MR) is 110 cm³/mol. The van der Waals surface area contributed by atoms with Crippen molar-refractivity contribution in [3.05, 3.63) is 41.0 Å². The van der Waals surface area contributed by atoms with Gasteiger partial charge in [-0.15, -0.1) is 12.4 Å². The van der Waals surface area contributed by atoms with E-state index in [0.29, 0.717) is 5.92 Å². The molecular weight excluding hydrogens is 360 g/mol. The number of hydrogen-bond acceptors (Lipinski definition) is 4. The van der Waals surface area contributed by atoms with E-state index in [9.17, 15) is 5.11 Å². The maximum atomic E-state index is 10.0. The second-order valence-electron chi connectivity index (χ2n) is 8.31. The molecular formula is C21H31ClN4O. The summed E-state index contributed by atoms with van der Waals surface area (Å²) in [5.74, 6) is 2.77. The van der Waals surface area contributed by atoms with E-state index >= 15 is 0 Å². The summed E-state index contributed by atoms with van der Waals surface area (Å²) in [7, 11) is 0. The maximum Gasteiger partial charge on any atom is 0.154 e. The average molecular weight is 391 g/mol. The van der Waals surface area contributed by atoms with E-state index in [1.807, 2.05) is 0 Å². The molecule has 2 aliphatic carbocycles. The summed E-state index contributed by atoms with van der Waals surface area (Å²) < 4.78 is 2.06. The zero-order chi connectivity index (χ0) is 18.3. The molecule has 0 spiro atoms. The molecule has 4 rings (SSSR count). The van der Waals surface area contributed by atoms with E-state index in [-0.39, 0.29) is 24.4 Å². The van der Waals surface area contributed by atoms with Crippen LogP contribution in [0.4, 0.5) is 0 Å². The lowest BCUT2D eigenvalue weighted by Crippen LogP contribution is -2.40. The van der Waals surface area contributed by atoms with Gasteiger partial charge in [-0.25, -0.2) is 9.67 Å². The van der Waals surface area contributed by atoms with Crippen LogP contribution in [0.3, 0.4) is 0 Å². The van der Waals surface area contributed by atoms with Crippen LogP contribution in [0.1, 0.15) is 79.6 Å². The molecule has 3 N–H and O–H groups in total. The molecule has 5 nitrogen and oxygen atoms in total. The molecule has 27 heavy (non-hydrogen) atoms. The molecule has 0 aliphatic heterocycles. The van der Waals surface area contributed by atoms with Gasteiger partial charge in [-0.05, 0) is 69.2 Å². The van der Waals surface area contributed by atoms with Gasteiger partial charge in [0.1, 0.15) is 5.82 Å². The zero-order valence-electron chi connectivity index (χ0n) is 16.3. The van der Waals surface area contributed by atoms with E-state index in [1.165, 1.54) is 36.8 Å². The molecule has 1 aromatic carbocycles. The third-order valence-electron chi connectivity index (χ3n) is 6.05. The van der Waals surface area contributed by atoms with E-state index in [2.05, 4.69) is 36.7 Å². The molecule has 1 heterocycles. The van der Waals surface area contributed by atoms with Crippen molar-refractivity contribution in [3.8, 4) is 5.69 Å². The van der Waals surface area contributed by atoms with Crippen LogP contribution in [0, 0.1) is 13.8 Å². The molecule has 0 unspecified atom stereocenters. The Morgan fingerprint density at radius 3 is 2.30 bits per heavy atom. The quantitative estimate of drug-likeness (QED) is 0.832. The van der Waals surface area contributed by atoms with E-state index in [4.69, 9.17) is 15.8 Å². The minimum atomic E-state index is -0.391. The van der Waals surface area contributed by atoms with Crippen LogP contribution in [-0.4, -0.2) is 32.0 Å². The third kappa shape index (κ3) is 4.20. The first kappa shape index (κ1) is 20.3. The number of aliphatic hydroxyl groups excluding tert-OH is 1. The van der Waals surface area contributed by atoms with Crippen molar-refractivity contribution in [3.63, 3.8) is 0 Å². The van der Waals surface area contributed by atoms with Crippen LogP contribution in [0.2, 0.25) is 0 Å². The number of nitrogens with two attached hydrogens (primary N) is 1. The summed E-state index contributed by atoms with van der Waals surface area (Å²) in [6.45, 7) is 4.25. The van der Waals surface area contributed by atoms with Gasteiger partial charge < -0.3 is 10.8 Å². The van der Waals surface area contributed by atoms with Gasteiger partial charge in [0.15, 0.2) is 5.82 Å². The normalized spacial score (nSPS) is 26.1. The number of benzene rings is 1. The smallest absolute Gasteiger partial charge is 0.154 e. The summed E-state index contributed by atoms with van der Waals surface area (Å²) >= 11 is 0. The first-order valence-corrected chi connectivity index (χ1v) is 10.0. The van der Waals surface area contributed by atoms with Crippen molar-refractivity contribution >= 4 is 12.4 Å². The molecule has 2 aromatic rings. The molecule has 2 aliphatic rings. The van der Waals surface area contributed by atoms with E-state index < -0.39 is 6.10 Å². The molecule has 0 radical (unpaired) electrons. The summed E-state index contributed by atoms with van der Waals surface area (Å²) in [4.78, 5) is 5.03. The minimum Gasteiger partial charge on any atom is -0.392 e. The molecule has 0 saturated heterocycles. The number of aryl methyl sites for hydroxylation is 2. The Morgan fingerprint density at radius 2 is 1.67 bits per heavy atom. The fourth-order valence-corrected chi connectivity index (χ4v) is 4.65. The number of aromatic nitrogens is 3. The van der Waals surface area contributed by atoms with Crippen molar-refractivity contribution < 1.29 is 5.11 Å². The number of aliphatic hydroxyl groups is 1. The Kier molecular flexibility index (Phi) is 6.24. The van der Waals surface area contributed by atoms with Gasteiger partial charge in [0.25, 0.3) is 0 Å². The SMILES string of the molecule is Cc1cc(C)cc(-n2nc(C3CCCC3)nc2[C@H]2CC[C@@H](O)[C@H](N)C2)c1.Cl. The number of rotatable bonds is 3. The monoisotopic (exact) mass is 390 g/mol. The van der Waals surface area contributed by atoms with Crippen molar-refractivity contribution in [2.24, 2.45) is 5.73 Å². The summed E-state index contributed by atoms with van der Waals surface area (Å²) in [5.41, 5.74) is 9.73. The molecule has 2 saturated carbocycles. The molecule has 6 heteroatoms. The van der Waals surface area contributed by atoms with Gasteiger partial charge in [0.2, 0.25) is 0 Å². The lowest BCUT2D eigenvalue weighted by molar-refractivity contribution is 0.0989. The molecule has 3 atom stereocenters. The number of nitrogens with zero attached hydrogens (tertiary/aromatic N) is 3. The number of hydrogen-bond donors (Lipinski definition) is 2. The Balaban J connectivity index is 0.00000210. The van der Waals surface area contributed by atoms with Gasteiger partial charge >= 0.3 is 0 Å². The third-order valence-corrected chi connectivity index (χ3v) is 6.05. The van der Waals surface area contributed by atoms with Crippen LogP contribution in [0.25, 0.3) is 5.69 Å². The van der Waals surface area contributed by atoms with Gasteiger partial charge in [0, 0.05) is 17.9 Å². The Morgan fingerprint density at radius 1 is 1.00 bits per heavy atom. The van der Waals surface area contributed by atoms with Gasteiger partial charge in [-0.3, -0.25) is 0 Å². The average Bonchev–Trinajstić information content (AvgIpc) is 3.25. The van der Waals surface area contributed by atoms with Crippen LogP contribution in [0.15, 0.2) is 18.2 Å². The largest absolute Gasteiger partial charge is 0.392 e. The van der Waals surface area contributed by atoms with Crippen LogP contribution in [0.5, 0.6) is 0 Å². The summed E-state index contributed by atoms with van der Waals surface area (Å²) in [5, 5.41) is 15.0. The summed E-state index contributed by atoms with van der Waals surface area (Å²) in [6, 6.07) is 6.38. The first-order chi connectivity index (χ1) is 12.5. The lowest BCUT2D eigenvalue weighted by atomic mass is 9.83. The van der Waals surface area contributed by atoms with Crippen LogP contribution >= 0.6 is 12.4 Å². The fourth-order valence-electron chi connectivity index (χ4n) is 4.65. The summed E-state index contributed by atoms with van der Waals surface area (Å²) in [6.07, 6.45) is 6.98. The first-order valence-electron chi connectivity index (χ1n) is 10.0. The standard InChI is InChI=1S/C21H30N4O.ClH/c1-13-9-14(2)11-17(10-13)25-21(16-7-8-19(26)18(22)12-16)23-20(24-25)15-5-3-4-6-15;/h9-11,15-16,18-19,26H,3-8,12,22H2,1-2H3;1H/t16-,18+,19+;/m0./s1. The molecule has 0 bridgehead atoms. The Labute approximate surface area is 167 Å². The van der Waals surface area contributed by atoms with Crippen LogP contribution < -0.4 is 5.73 Å². The lowest BCUT2D eigenvalue weighted by Gasteiger charge is -2.30. The van der Waals surface area contributed by atoms with Crippen molar-refractivity contribution in [2.75, 3.05) is 0 Å². The Hall–Kier alpha value is -1.43. The topological polar surface area (TPSA) is 77.0 Å². The maximum absolute atomic E-state index is 10.0. The minimum absolute atomic E-state index is 0. The van der Waals surface area contributed by atoms with E-state index in [1.54, 1.807) is 0 Å². The predicted octanol–water partition coefficient (Wildman–Crippen LogP) is 3.92. The molecule has 2 fully saturated rings. The number of halogens is 1. The van der Waals surface area contributed by atoms with Gasteiger partial charge in [0.05, 0.1) is 11.8 Å². The molecule has 0 amide bonds. The zero-order valence-corrected chi connectivity index (χ0v) is 17.1. The van der Waals surface area contributed by atoms with Gasteiger partial charge in [-0.1, -0.05) is 18.9 Å². The van der Waals surface area contributed by atoms with Gasteiger partial charge in [-0.2, -0.15) is 5.10 Å². The molecule has 148 valence electrons.